The van der Waals surface area contributed by atoms with Crippen molar-refractivity contribution in [2.45, 2.75) is 43.6 Å². The van der Waals surface area contributed by atoms with Gasteiger partial charge in [-0.3, -0.25) is 4.79 Å². The highest BCUT2D eigenvalue weighted by Crippen LogP contribution is 2.34. The zero-order chi connectivity index (χ0) is 16.7. The van der Waals surface area contributed by atoms with Gasteiger partial charge in [-0.05, 0) is 31.7 Å². The van der Waals surface area contributed by atoms with Crippen molar-refractivity contribution in [2.75, 3.05) is 0 Å². The number of thioether (sulfide) groups is 1. The van der Waals surface area contributed by atoms with Crippen molar-refractivity contribution < 1.29 is 0 Å². The van der Waals surface area contributed by atoms with Crippen LogP contribution in [0.2, 0.25) is 0 Å². The van der Waals surface area contributed by atoms with Crippen LogP contribution in [0.3, 0.4) is 0 Å². The van der Waals surface area contributed by atoms with Crippen LogP contribution in [0.4, 0.5) is 0 Å². The van der Waals surface area contributed by atoms with Gasteiger partial charge in [-0.25, -0.2) is 4.98 Å². The van der Waals surface area contributed by atoms with Crippen molar-refractivity contribution in [1.82, 2.24) is 24.7 Å². The Labute approximate surface area is 147 Å². The summed E-state index contributed by atoms with van der Waals surface area (Å²) in [4.78, 5) is 22.2. The van der Waals surface area contributed by atoms with Crippen LogP contribution < -0.4 is 5.56 Å². The fourth-order valence-corrected chi connectivity index (χ4v) is 5.20. The summed E-state index contributed by atoms with van der Waals surface area (Å²) in [5.74, 6) is 2.09. The highest BCUT2D eigenvalue weighted by molar-refractivity contribution is 7.98. The first kappa shape index (κ1) is 15.6. The lowest BCUT2D eigenvalue weighted by Gasteiger charge is -2.05. The van der Waals surface area contributed by atoms with E-state index in [2.05, 4.69) is 26.7 Å². The predicted octanol–water partition coefficient (Wildman–Crippen LogP) is 2.85. The zero-order valence-corrected chi connectivity index (χ0v) is 15.0. The summed E-state index contributed by atoms with van der Waals surface area (Å²) in [5.41, 5.74) is 1.20. The van der Waals surface area contributed by atoms with Crippen LogP contribution in [-0.4, -0.2) is 24.7 Å². The average Bonchev–Trinajstić information content (AvgIpc) is 3.21. The summed E-state index contributed by atoms with van der Waals surface area (Å²) in [6.45, 7) is 6.35. The number of H-pyrrole nitrogens is 1. The largest absolute Gasteiger partial charge is 0.309 e. The van der Waals surface area contributed by atoms with E-state index < -0.39 is 0 Å². The van der Waals surface area contributed by atoms with Crippen molar-refractivity contribution in [3.05, 3.63) is 45.1 Å². The predicted molar refractivity (Wildman–Crippen MR) is 96.8 cm³/mol. The van der Waals surface area contributed by atoms with E-state index in [1.54, 1.807) is 11.3 Å². The molecule has 1 aliphatic carbocycles. The Balaban J connectivity index is 1.62. The molecule has 8 heteroatoms. The molecule has 0 aromatic carbocycles. The number of rotatable bonds is 5. The first-order chi connectivity index (χ1) is 11.7. The third-order valence-corrected chi connectivity index (χ3v) is 6.34. The molecule has 0 aliphatic heterocycles. The molecular formula is C16H17N5OS2. The molecule has 4 rings (SSSR count). The third kappa shape index (κ3) is 2.59. The van der Waals surface area contributed by atoms with Crippen molar-refractivity contribution >= 4 is 33.3 Å². The SMILES string of the molecule is C=CCn1c(C)nnc1SCc1nc2sc3c(c2c(=O)[nH]1)CCC3. The van der Waals surface area contributed by atoms with Gasteiger partial charge in [0.2, 0.25) is 0 Å². The van der Waals surface area contributed by atoms with Crippen molar-refractivity contribution in [3.8, 4) is 0 Å². The number of hydrogen-bond donors (Lipinski definition) is 1. The lowest BCUT2D eigenvalue weighted by molar-refractivity contribution is 0.703. The van der Waals surface area contributed by atoms with Crippen LogP contribution in [0.5, 0.6) is 0 Å². The molecule has 0 bridgehead atoms. The van der Waals surface area contributed by atoms with E-state index in [0.717, 1.165) is 40.5 Å². The van der Waals surface area contributed by atoms with Crippen LogP contribution >= 0.6 is 23.1 Å². The van der Waals surface area contributed by atoms with Crippen LogP contribution in [0.1, 0.15) is 28.5 Å². The normalized spacial score (nSPS) is 13.5. The van der Waals surface area contributed by atoms with Gasteiger partial charge in [-0.1, -0.05) is 17.8 Å². The van der Waals surface area contributed by atoms with E-state index in [9.17, 15) is 4.79 Å². The van der Waals surface area contributed by atoms with Crippen LogP contribution in [0.15, 0.2) is 22.6 Å². The number of fused-ring (bicyclic) bond motifs is 3. The maximum absolute atomic E-state index is 12.5. The van der Waals surface area contributed by atoms with Crippen molar-refractivity contribution in [2.24, 2.45) is 0 Å². The Morgan fingerprint density at radius 2 is 2.29 bits per heavy atom. The van der Waals surface area contributed by atoms with Crippen LogP contribution in [0.25, 0.3) is 10.2 Å². The lowest BCUT2D eigenvalue weighted by atomic mass is 10.2. The van der Waals surface area contributed by atoms with E-state index in [1.807, 2.05) is 17.6 Å². The highest BCUT2D eigenvalue weighted by Gasteiger charge is 2.21. The zero-order valence-electron chi connectivity index (χ0n) is 13.3. The first-order valence-electron chi connectivity index (χ1n) is 7.84. The average molecular weight is 359 g/mol. The molecule has 124 valence electrons. The summed E-state index contributed by atoms with van der Waals surface area (Å²) in [7, 11) is 0. The molecule has 0 saturated carbocycles. The standard InChI is InChI=1S/C16H17N5OS2/c1-3-7-21-9(2)19-20-16(21)23-8-12-17-14(22)13-10-5-4-6-11(10)24-15(13)18-12/h3H,1,4-8H2,2H3,(H,17,18,22). The number of aromatic amines is 1. The molecule has 0 amide bonds. The quantitative estimate of drug-likeness (QED) is 0.560. The van der Waals surface area contributed by atoms with Gasteiger partial charge in [-0.2, -0.15) is 0 Å². The maximum atomic E-state index is 12.5. The van der Waals surface area contributed by atoms with E-state index in [-0.39, 0.29) is 5.56 Å². The molecule has 1 aliphatic rings. The lowest BCUT2D eigenvalue weighted by Crippen LogP contribution is -2.11. The molecule has 1 N–H and O–H groups in total. The Morgan fingerprint density at radius 1 is 1.42 bits per heavy atom. The molecule has 0 atom stereocenters. The number of nitrogens with one attached hydrogen (secondary N) is 1. The molecule has 0 spiro atoms. The maximum Gasteiger partial charge on any atom is 0.259 e. The topological polar surface area (TPSA) is 76.5 Å². The number of thiophene rings is 1. The summed E-state index contributed by atoms with van der Waals surface area (Å²) < 4.78 is 1.99. The van der Waals surface area contributed by atoms with E-state index in [0.29, 0.717) is 18.1 Å². The molecule has 0 fully saturated rings. The molecule has 3 aromatic rings. The monoisotopic (exact) mass is 359 g/mol. The fraction of sp³-hybridized carbons (Fsp3) is 0.375. The van der Waals surface area contributed by atoms with Gasteiger partial charge >= 0.3 is 0 Å². The molecule has 3 heterocycles. The molecule has 6 nitrogen and oxygen atoms in total. The van der Waals surface area contributed by atoms with Gasteiger partial charge in [0, 0.05) is 11.4 Å². The fourth-order valence-electron chi connectivity index (χ4n) is 3.06. The van der Waals surface area contributed by atoms with Gasteiger partial charge in [0.05, 0.1) is 11.1 Å². The molecule has 0 saturated heterocycles. The number of allylic oxidation sites excluding steroid dienone is 1. The minimum Gasteiger partial charge on any atom is -0.309 e. The second kappa shape index (κ2) is 6.18. The summed E-state index contributed by atoms with van der Waals surface area (Å²) >= 11 is 3.19. The van der Waals surface area contributed by atoms with Crippen LogP contribution in [0, 0.1) is 6.92 Å². The summed E-state index contributed by atoms with van der Waals surface area (Å²) in [6, 6.07) is 0. The smallest absolute Gasteiger partial charge is 0.259 e. The highest BCUT2D eigenvalue weighted by atomic mass is 32.2. The Kier molecular flexibility index (Phi) is 4.01. The second-order valence-corrected chi connectivity index (χ2v) is 7.79. The summed E-state index contributed by atoms with van der Waals surface area (Å²) in [5, 5.41) is 9.90. The van der Waals surface area contributed by atoms with Crippen molar-refractivity contribution in [3.63, 3.8) is 0 Å². The number of hydrogen-bond acceptors (Lipinski definition) is 6. The molecular weight excluding hydrogens is 342 g/mol. The molecule has 0 unspecified atom stereocenters. The van der Waals surface area contributed by atoms with E-state index >= 15 is 0 Å². The number of nitrogens with zero attached hydrogens (tertiary/aromatic N) is 4. The van der Waals surface area contributed by atoms with Crippen molar-refractivity contribution in [1.29, 1.82) is 0 Å². The Hall–Kier alpha value is -1.93. The van der Waals surface area contributed by atoms with E-state index in [1.165, 1.54) is 22.2 Å². The number of aryl methyl sites for hydroxylation is 3. The third-order valence-electron chi connectivity index (χ3n) is 4.18. The van der Waals surface area contributed by atoms with Gasteiger partial charge in [0.1, 0.15) is 16.5 Å². The molecule has 3 aromatic heterocycles. The second-order valence-electron chi connectivity index (χ2n) is 5.77. The molecule has 24 heavy (non-hydrogen) atoms. The first-order valence-corrected chi connectivity index (χ1v) is 9.64. The van der Waals surface area contributed by atoms with Gasteiger partial charge in [-0.15, -0.1) is 28.1 Å². The van der Waals surface area contributed by atoms with E-state index in [4.69, 9.17) is 0 Å². The van der Waals surface area contributed by atoms with Crippen LogP contribution in [-0.2, 0) is 25.1 Å². The minimum absolute atomic E-state index is 0.0151. The summed E-state index contributed by atoms with van der Waals surface area (Å²) in [6.07, 6.45) is 5.04. The Bertz CT molecular complexity index is 984. The van der Waals surface area contributed by atoms with Gasteiger partial charge < -0.3 is 9.55 Å². The number of aromatic nitrogens is 5. The minimum atomic E-state index is -0.0151. The molecule has 0 radical (unpaired) electrons. The van der Waals surface area contributed by atoms with Gasteiger partial charge in [0.25, 0.3) is 5.56 Å². The Morgan fingerprint density at radius 3 is 3.12 bits per heavy atom. The van der Waals surface area contributed by atoms with Gasteiger partial charge in [0.15, 0.2) is 5.16 Å².